The molecule has 1 saturated carbocycles. The quantitative estimate of drug-likeness (QED) is 0.240. The van der Waals surface area contributed by atoms with Crippen molar-refractivity contribution >= 4 is 40.0 Å². The molecule has 3 aromatic rings. The van der Waals surface area contributed by atoms with Crippen LogP contribution in [0.5, 0.6) is 0 Å². The summed E-state index contributed by atoms with van der Waals surface area (Å²) in [5.41, 5.74) is 0.155. The lowest BCUT2D eigenvalue weighted by atomic mass is 9.63. The van der Waals surface area contributed by atoms with E-state index in [1.165, 1.54) is 61.4 Å². The summed E-state index contributed by atoms with van der Waals surface area (Å²) < 4.78 is 16.4. The number of nitrogens with one attached hydrogen (secondary N) is 2. The van der Waals surface area contributed by atoms with Gasteiger partial charge in [-0.25, -0.2) is 19.3 Å². The summed E-state index contributed by atoms with van der Waals surface area (Å²) in [5.74, 6) is 0.153. The van der Waals surface area contributed by atoms with Gasteiger partial charge in [0, 0.05) is 25.5 Å². The van der Waals surface area contributed by atoms with Gasteiger partial charge in [-0.2, -0.15) is 0 Å². The first-order chi connectivity index (χ1) is 20.1. The summed E-state index contributed by atoms with van der Waals surface area (Å²) in [6, 6.07) is 5.44. The second-order valence-corrected chi connectivity index (χ2v) is 14.7. The zero-order valence-electron chi connectivity index (χ0n) is 24.7. The number of amides is 1. The Bertz CT molecular complexity index is 1360. The second kappa shape index (κ2) is 13.4. The van der Waals surface area contributed by atoms with Crippen LogP contribution in [0.25, 0.3) is 0 Å². The van der Waals surface area contributed by atoms with Crippen molar-refractivity contribution in [2.45, 2.75) is 80.4 Å². The van der Waals surface area contributed by atoms with Gasteiger partial charge in [0.1, 0.15) is 5.82 Å². The molecule has 3 N–H and O–H groups in total. The third-order valence-corrected chi connectivity index (χ3v) is 10.5. The molecule has 226 valence electrons. The molecule has 0 aromatic carbocycles. The number of nitrogens with zero attached hydrogens (tertiary/aromatic N) is 4. The normalized spacial score (nSPS) is 18.1. The first-order valence-corrected chi connectivity index (χ1v) is 16.4. The highest BCUT2D eigenvalue weighted by atomic mass is 32.2. The smallest absolute Gasteiger partial charge is 0.272 e. The number of aryl methyl sites for hydroxylation is 1. The van der Waals surface area contributed by atoms with Gasteiger partial charge in [0.2, 0.25) is 0 Å². The van der Waals surface area contributed by atoms with E-state index >= 15 is 4.39 Å². The minimum absolute atomic E-state index is 0.0206. The van der Waals surface area contributed by atoms with Gasteiger partial charge in [-0.15, -0.1) is 0 Å². The summed E-state index contributed by atoms with van der Waals surface area (Å²) in [6.07, 6.45) is 12.9. The monoisotopic (exact) mass is 612 g/mol. The Hall–Kier alpha value is -2.60. The van der Waals surface area contributed by atoms with Crippen LogP contribution in [0.4, 0.5) is 15.3 Å². The van der Waals surface area contributed by atoms with Gasteiger partial charge in [-0.3, -0.25) is 4.79 Å². The zero-order chi connectivity index (χ0) is 29.7. The lowest BCUT2D eigenvalue weighted by Gasteiger charge is -2.49. The van der Waals surface area contributed by atoms with E-state index in [2.05, 4.69) is 30.5 Å². The van der Waals surface area contributed by atoms with Crippen molar-refractivity contribution < 1.29 is 14.3 Å². The fraction of sp³-hybridized carbons (Fsp3) is 0.548. The number of likely N-dealkylation sites (tertiary alicyclic amines) is 1. The summed E-state index contributed by atoms with van der Waals surface area (Å²) in [4.78, 5) is 28.8. The lowest BCUT2D eigenvalue weighted by Crippen LogP contribution is -2.52. The first-order valence-electron chi connectivity index (χ1n) is 14.8. The van der Waals surface area contributed by atoms with E-state index in [1.54, 1.807) is 18.5 Å². The van der Waals surface area contributed by atoms with Gasteiger partial charge in [0.05, 0.1) is 20.9 Å². The van der Waals surface area contributed by atoms with Gasteiger partial charge in [-0.1, -0.05) is 42.4 Å². The number of carbonyl (C=O) groups is 1. The maximum Gasteiger partial charge on any atom is 0.272 e. The van der Waals surface area contributed by atoms with Crippen LogP contribution in [-0.4, -0.2) is 62.6 Å². The second-order valence-electron chi connectivity index (χ2n) is 12.4. The molecule has 0 spiro atoms. The Morgan fingerprint density at radius 3 is 2.62 bits per heavy atom. The molecular formula is C31H41FN6O2S2. The van der Waals surface area contributed by atoms with Gasteiger partial charge in [0.15, 0.2) is 16.6 Å². The van der Waals surface area contributed by atoms with Crippen molar-refractivity contribution in [1.82, 2.24) is 25.2 Å². The van der Waals surface area contributed by atoms with E-state index < -0.39 is 17.3 Å². The van der Waals surface area contributed by atoms with E-state index in [0.29, 0.717) is 34.9 Å². The fourth-order valence-electron chi connectivity index (χ4n) is 6.34. The Morgan fingerprint density at radius 1 is 1.17 bits per heavy atom. The Balaban J connectivity index is 1.24. The molecule has 2 aliphatic rings. The number of carbonyl (C=O) groups excluding carboxylic acids is 1. The van der Waals surface area contributed by atoms with Crippen LogP contribution in [0.2, 0.25) is 0 Å². The summed E-state index contributed by atoms with van der Waals surface area (Å²) in [5, 5.41) is 17.2. The topological polar surface area (TPSA) is 103 Å². The summed E-state index contributed by atoms with van der Waals surface area (Å²) in [6.45, 7) is 8.62. The maximum absolute atomic E-state index is 15.6. The molecular weight excluding hydrogens is 572 g/mol. The predicted molar refractivity (Wildman–Crippen MR) is 166 cm³/mol. The molecule has 0 unspecified atom stereocenters. The third-order valence-electron chi connectivity index (χ3n) is 8.45. The van der Waals surface area contributed by atoms with Crippen LogP contribution in [0.15, 0.2) is 45.9 Å². The number of rotatable bonds is 10. The molecule has 1 aliphatic heterocycles. The van der Waals surface area contributed by atoms with Crippen molar-refractivity contribution in [1.29, 1.82) is 0 Å². The van der Waals surface area contributed by atoms with Gasteiger partial charge < -0.3 is 20.6 Å². The van der Waals surface area contributed by atoms with E-state index in [-0.39, 0.29) is 11.1 Å². The minimum atomic E-state index is -0.735. The summed E-state index contributed by atoms with van der Waals surface area (Å²) >= 11 is 2.62. The van der Waals surface area contributed by atoms with Crippen LogP contribution in [0.3, 0.4) is 0 Å². The molecule has 1 amide bonds. The number of hydrogen-bond acceptors (Lipinski definition) is 9. The molecule has 1 saturated heterocycles. The van der Waals surface area contributed by atoms with E-state index in [1.807, 2.05) is 32.9 Å². The van der Waals surface area contributed by atoms with Crippen LogP contribution in [-0.2, 0) is 0 Å². The number of anilines is 2. The number of aliphatic hydroxyl groups is 1. The molecule has 2 fully saturated rings. The van der Waals surface area contributed by atoms with E-state index in [9.17, 15) is 9.90 Å². The number of aromatic nitrogens is 3. The average Bonchev–Trinajstić information content (AvgIpc) is 3.40. The third kappa shape index (κ3) is 7.86. The Labute approximate surface area is 256 Å². The van der Waals surface area contributed by atoms with Crippen molar-refractivity contribution in [3.63, 3.8) is 0 Å². The lowest BCUT2D eigenvalue weighted by molar-refractivity contribution is -0.0120. The number of hydrogen-bond donors (Lipinski definition) is 3. The van der Waals surface area contributed by atoms with Crippen molar-refractivity contribution in [3.05, 3.63) is 53.9 Å². The fourth-order valence-corrected chi connectivity index (χ4v) is 8.21. The zero-order valence-corrected chi connectivity index (χ0v) is 26.3. The number of β-amino-alcohol motifs (C(OH)–C–C–N with tert-alkyl or cyclic N) is 1. The molecule has 11 heteroatoms. The predicted octanol–water partition coefficient (Wildman–Crippen LogP) is 6.44. The van der Waals surface area contributed by atoms with E-state index in [4.69, 9.17) is 0 Å². The summed E-state index contributed by atoms with van der Waals surface area (Å²) in [7, 11) is 0. The van der Waals surface area contributed by atoms with Crippen LogP contribution in [0, 0.1) is 24.1 Å². The number of thiazole rings is 1. The van der Waals surface area contributed by atoms with Crippen LogP contribution >= 0.6 is 23.1 Å². The number of piperidine rings is 1. The van der Waals surface area contributed by atoms with Gasteiger partial charge in [-0.05, 0) is 94.6 Å². The SMILES string of the molecule is Cc1ccnc(Nc2ncc(Sc3ccnc(C(=O)NCC4(C5CCCCC5)CCN(CC(C)(C)O)CC4)c3F)s2)c1. The molecule has 3 aromatic heterocycles. The molecule has 0 atom stereocenters. The van der Waals surface area contributed by atoms with Gasteiger partial charge in [0.25, 0.3) is 5.91 Å². The van der Waals surface area contributed by atoms with Crippen LogP contribution in [0.1, 0.15) is 74.8 Å². The largest absolute Gasteiger partial charge is 0.389 e. The van der Waals surface area contributed by atoms with Crippen molar-refractivity contribution in [2.75, 3.05) is 31.5 Å². The number of halogens is 1. The maximum atomic E-state index is 15.6. The van der Waals surface area contributed by atoms with E-state index in [0.717, 1.165) is 35.7 Å². The van der Waals surface area contributed by atoms with Crippen molar-refractivity contribution in [3.8, 4) is 0 Å². The molecule has 42 heavy (non-hydrogen) atoms. The molecule has 0 bridgehead atoms. The number of pyridine rings is 2. The van der Waals surface area contributed by atoms with Crippen molar-refractivity contribution in [2.24, 2.45) is 11.3 Å². The molecule has 4 heterocycles. The average molecular weight is 613 g/mol. The Kier molecular flexibility index (Phi) is 9.81. The molecule has 8 nitrogen and oxygen atoms in total. The highest BCUT2D eigenvalue weighted by molar-refractivity contribution is 8.01. The molecule has 0 radical (unpaired) electrons. The molecule has 1 aliphatic carbocycles. The van der Waals surface area contributed by atoms with Gasteiger partial charge >= 0.3 is 0 Å². The Morgan fingerprint density at radius 2 is 1.90 bits per heavy atom. The van der Waals surface area contributed by atoms with Crippen LogP contribution < -0.4 is 10.6 Å². The highest BCUT2D eigenvalue weighted by Gasteiger charge is 2.42. The molecule has 5 rings (SSSR count). The minimum Gasteiger partial charge on any atom is -0.389 e. The standard InChI is InChI=1S/C31H41FN6O2S2/c1-21-9-13-33-24(17-21)37-29-35-18-25(42-29)41-23-10-14-34-27(26(23)32)28(39)36-19-31(22-7-5-4-6-8-22)11-15-38(16-12-31)20-30(2,3)40/h9-10,13-14,17-18,22,40H,4-8,11-12,15-16,19-20H2,1-3H3,(H,36,39)(H,33,35,37). The first kappa shape index (κ1) is 30.8. The highest BCUT2D eigenvalue weighted by Crippen LogP contribution is 2.46.